The smallest absolute Gasteiger partial charge is 0.156 e. The molecule has 0 radical (unpaired) electrons. The lowest BCUT2D eigenvalue weighted by atomic mass is 9.82. The quantitative estimate of drug-likeness (QED) is 0.162. The first-order valence-electron chi connectivity index (χ1n) is 23.7. The Morgan fingerprint density at radius 2 is 1.33 bits per heavy atom. The Morgan fingerprint density at radius 1 is 0.582 bits per heavy atom. The molecule has 2 aromatic heterocycles. The van der Waals surface area contributed by atoms with Gasteiger partial charge >= 0.3 is 0 Å². The second-order valence-electron chi connectivity index (χ2n) is 19.2. The molecule has 0 fully saturated rings. The standard InChI is InChI=1S/C63H46N4/c1-63(2)53-24-11-8-21-47(53)52-36-42(29-33-54(52)63)61-60-46-20-7-6-15-39(46)30-34-55(60)64-62(65-61)43-16-14-19-45(35-43)67-57-26-13-10-23-49(57)51-32-28-41(38-59(51)67)40-27-31-50-48-22-9-12-25-56(48)66(58(50)37-40)44-17-4-3-5-18-44/h3-13,15,17-38,49,57H,14,16H2,1-2H3. The average molecular weight is 859 g/mol. The van der Waals surface area contributed by atoms with Crippen LogP contribution in [0.2, 0.25) is 0 Å². The van der Waals surface area contributed by atoms with Crippen LogP contribution in [-0.4, -0.2) is 20.6 Å². The third-order valence-electron chi connectivity index (χ3n) is 15.2. The Bertz CT molecular complexity index is 3860. The van der Waals surface area contributed by atoms with Gasteiger partial charge in [0.15, 0.2) is 5.82 Å². The minimum atomic E-state index is -0.0692. The summed E-state index contributed by atoms with van der Waals surface area (Å²) < 4.78 is 2.41. The predicted octanol–water partition coefficient (Wildman–Crippen LogP) is 15.7. The van der Waals surface area contributed by atoms with Crippen molar-refractivity contribution in [3.63, 3.8) is 0 Å². The molecule has 8 aromatic carbocycles. The third kappa shape index (κ3) is 5.72. The third-order valence-corrected chi connectivity index (χ3v) is 15.2. The molecule has 0 amide bonds. The van der Waals surface area contributed by atoms with Gasteiger partial charge in [0.2, 0.25) is 0 Å². The van der Waals surface area contributed by atoms with E-state index in [0.29, 0.717) is 0 Å². The number of allylic oxidation sites excluding steroid dienone is 5. The second-order valence-corrected chi connectivity index (χ2v) is 19.2. The predicted molar refractivity (Wildman–Crippen MR) is 279 cm³/mol. The molecule has 1 aliphatic heterocycles. The monoisotopic (exact) mass is 858 g/mol. The summed E-state index contributed by atoms with van der Waals surface area (Å²) in [4.78, 5) is 13.6. The van der Waals surface area contributed by atoms with Crippen molar-refractivity contribution in [2.75, 3.05) is 4.90 Å². The molecule has 4 heteroatoms. The van der Waals surface area contributed by atoms with Crippen molar-refractivity contribution in [1.29, 1.82) is 0 Å². The minimum absolute atomic E-state index is 0.0692. The second kappa shape index (κ2) is 14.5. The van der Waals surface area contributed by atoms with E-state index in [1.807, 2.05) is 0 Å². The molecule has 10 aromatic rings. The number of para-hydroxylation sites is 2. The number of aromatic nitrogens is 3. The van der Waals surface area contributed by atoms with Gasteiger partial charge in [-0.05, 0) is 117 Å². The molecular formula is C63H46N4. The summed E-state index contributed by atoms with van der Waals surface area (Å²) in [5.41, 5.74) is 19.3. The number of rotatable bonds is 5. The number of fused-ring (bicyclic) bond motifs is 12. The first-order chi connectivity index (χ1) is 33.0. The zero-order valence-corrected chi connectivity index (χ0v) is 37.5. The highest BCUT2D eigenvalue weighted by atomic mass is 15.2. The number of hydrogen-bond donors (Lipinski definition) is 0. The molecule has 4 nitrogen and oxygen atoms in total. The maximum absolute atomic E-state index is 5.62. The zero-order valence-electron chi connectivity index (χ0n) is 37.5. The fourth-order valence-corrected chi connectivity index (χ4v) is 12.0. The van der Waals surface area contributed by atoms with Crippen LogP contribution in [0.15, 0.2) is 212 Å². The Hall–Kier alpha value is -8.08. The van der Waals surface area contributed by atoms with E-state index in [0.717, 1.165) is 46.4 Å². The van der Waals surface area contributed by atoms with E-state index in [2.05, 4.69) is 230 Å². The number of benzene rings is 8. The normalized spacial score (nSPS) is 17.7. The molecule has 0 spiro atoms. The van der Waals surface area contributed by atoms with Crippen molar-refractivity contribution in [2.24, 2.45) is 0 Å². The van der Waals surface area contributed by atoms with Gasteiger partial charge in [0.1, 0.15) is 0 Å². The van der Waals surface area contributed by atoms with Crippen molar-refractivity contribution in [2.45, 2.75) is 44.1 Å². The van der Waals surface area contributed by atoms with E-state index in [4.69, 9.17) is 9.97 Å². The molecule has 0 saturated carbocycles. The average Bonchev–Trinajstić information content (AvgIpc) is 3.98. The topological polar surface area (TPSA) is 34.0 Å². The van der Waals surface area contributed by atoms with E-state index < -0.39 is 0 Å². The molecular weight excluding hydrogens is 813 g/mol. The summed E-state index contributed by atoms with van der Waals surface area (Å²) in [6.07, 6.45) is 15.8. The minimum Gasteiger partial charge on any atom is -0.334 e. The molecule has 0 bridgehead atoms. The summed E-state index contributed by atoms with van der Waals surface area (Å²) in [6.45, 7) is 4.69. The zero-order chi connectivity index (χ0) is 44.4. The molecule has 3 aliphatic carbocycles. The highest BCUT2D eigenvalue weighted by molar-refractivity contribution is 6.13. The van der Waals surface area contributed by atoms with Crippen LogP contribution in [0.3, 0.4) is 0 Å². The van der Waals surface area contributed by atoms with Crippen molar-refractivity contribution < 1.29 is 0 Å². The molecule has 3 heterocycles. The van der Waals surface area contributed by atoms with Crippen LogP contribution in [0.25, 0.3) is 88.3 Å². The fraction of sp³-hybridized carbons (Fsp3) is 0.111. The van der Waals surface area contributed by atoms with Crippen LogP contribution in [0.5, 0.6) is 0 Å². The van der Waals surface area contributed by atoms with Gasteiger partial charge in [-0.1, -0.05) is 172 Å². The summed E-state index contributed by atoms with van der Waals surface area (Å²) >= 11 is 0. The highest BCUT2D eigenvalue weighted by Gasteiger charge is 2.39. The molecule has 2 unspecified atom stereocenters. The number of nitrogens with zero attached hydrogens (tertiary/aromatic N) is 4. The van der Waals surface area contributed by atoms with Gasteiger partial charge in [-0.3, -0.25) is 0 Å². The van der Waals surface area contributed by atoms with Crippen molar-refractivity contribution in [1.82, 2.24) is 14.5 Å². The summed E-state index contributed by atoms with van der Waals surface area (Å²) in [6, 6.07) is 62.7. The van der Waals surface area contributed by atoms with Crippen LogP contribution in [-0.2, 0) is 5.41 Å². The largest absolute Gasteiger partial charge is 0.334 e. The number of hydrogen-bond acceptors (Lipinski definition) is 3. The van der Waals surface area contributed by atoms with Gasteiger partial charge in [0.05, 0.1) is 28.3 Å². The lowest BCUT2D eigenvalue weighted by Gasteiger charge is -2.31. The maximum Gasteiger partial charge on any atom is 0.156 e. The molecule has 318 valence electrons. The van der Waals surface area contributed by atoms with E-state index in [1.165, 1.54) is 88.6 Å². The van der Waals surface area contributed by atoms with Gasteiger partial charge < -0.3 is 9.47 Å². The van der Waals surface area contributed by atoms with Gasteiger partial charge in [-0.25, -0.2) is 9.97 Å². The lowest BCUT2D eigenvalue weighted by molar-refractivity contribution is 0.660. The first kappa shape index (κ1) is 38.2. The van der Waals surface area contributed by atoms with Gasteiger partial charge in [0.25, 0.3) is 0 Å². The Morgan fingerprint density at radius 3 is 2.25 bits per heavy atom. The van der Waals surface area contributed by atoms with E-state index in [-0.39, 0.29) is 17.4 Å². The van der Waals surface area contributed by atoms with Crippen LogP contribution >= 0.6 is 0 Å². The molecule has 4 aliphatic rings. The van der Waals surface area contributed by atoms with Crippen molar-refractivity contribution in [3.05, 3.63) is 235 Å². The van der Waals surface area contributed by atoms with Crippen LogP contribution in [0.4, 0.5) is 5.69 Å². The van der Waals surface area contributed by atoms with Gasteiger partial charge in [-0.15, -0.1) is 0 Å². The van der Waals surface area contributed by atoms with Crippen LogP contribution in [0.1, 0.15) is 55.1 Å². The van der Waals surface area contributed by atoms with Gasteiger partial charge in [-0.2, -0.15) is 0 Å². The Balaban J connectivity index is 0.898. The van der Waals surface area contributed by atoms with E-state index >= 15 is 0 Å². The molecule has 0 saturated heterocycles. The Kier molecular flexibility index (Phi) is 8.25. The van der Waals surface area contributed by atoms with E-state index in [9.17, 15) is 0 Å². The van der Waals surface area contributed by atoms with Crippen LogP contribution in [0, 0.1) is 0 Å². The summed E-state index contributed by atoms with van der Waals surface area (Å²) in [5.74, 6) is 1.05. The number of anilines is 1. The SMILES string of the molecule is CC1(C)c2ccccc2-c2cc(-c3nc(C4=CC(N5c6cc(-c7ccc8c9ccccc9n(-c9ccccc9)c8c7)ccc6C6C=CC=CC65)=CCC4)nc4ccc5ccccc5c34)ccc21. The highest BCUT2D eigenvalue weighted by Crippen LogP contribution is 2.51. The van der Waals surface area contributed by atoms with Gasteiger partial charge in [0, 0.05) is 50.1 Å². The van der Waals surface area contributed by atoms with Crippen molar-refractivity contribution >= 4 is 54.7 Å². The summed E-state index contributed by atoms with van der Waals surface area (Å²) in [5, 5.41) is 5.99. The molecule has 0 N–H and O–H groups in total. The molecule has 67 heavy (non-hydrogen) atoms. The molecule has 2 atom stereocenters. The molecule has 14 rings (SSSR count). The van der Waals surface area contributed by atoms with Crippen LogP contribution < -0.4 is 4.90 Å². The first-order valence-corrected chi connectivity index (χ1v) is 23.7. The maximum atomic E-state index is 5.62. The Labute approximate surface area is 390 Å². The van der Waals surface area contributed by atoms with E-state index in [1.54, 1.807) is 0 Å². The summed E-state index contributed by atoms with van der Waals surface area (Å²) in [7, 11) is 0. The van der Waals surface area contributed by atoms with Crippen molar-refractivity contribution in [3.8, 4) is 39.2 Å². The fourth-order valence-electron chi connectivity index (χ4n) is 12.0. The lowest BCUT2D eigenvalue weighted by Crippen LogP contribution is -2.32.